The predicted molar refractivity (Wildman–Crippen MR) is 166 cm³/mol. The number of amides is 3. The molecule has 3 amide bonds. The Morgan fingerprint density at radius 1 is 0.881 bits per heavy atom. The number of likely N-dealkylation sites (tertiary alicyclic amines) is 1. The van der Waals surface area contributed by atoms with Gasteiger partial charge in [-0.05, 0) is 80.7 Å². The average Bonchev–Trinajstić information content (AvgIpc) is 3.42. The second kappa shape index (κ2) is 15.8. The number of para-hydroxylation sites is 1. The summed E-state index contributed by atoms with van der Waals surface area (Å²) in [4.78, 5) is 42.9. The summed E-state index contributed by atoms with van der Waals surface area (Å²) in [6, 6.07) is 17.1. The molecule has 2 N–H and O–H groups in total. The van der Waals surface area contributed by atoms with Crippen molar-refractivity contribution in [2.24, 2.45) is 17.8 Å². The molecule has 4 rings (SSSR count). The number of nitrogens with one attached hydrogen (secondary N) is 2. The lowest BCUT2D eigenvalue weighted by atomic mass is 9.81. The first-order valence-corrected chi connectivity index (χ1v) is 16.1. The van der Waals surface area contributed by atoms with Gasteiger partial charge in [0.05, 0.1) is 0 Å². The Hall–Kier alpha value is -3.35. The maximum Gasteiger partial charge on any atom is 0.245 e. The number of carbonyl (C=O) groups is 3. The van der Waals surface area contributed by atoms with Crippen LogP contribution in [0.5, 0.6) is 11.5 Å². The van der Waals surface area contributed by atoms with Gasteiger partial charge in [-0.25, -0.2) is 0 Å². The molecule has 2 aliphatic rings. The van der Waals surface area contributed by atoms with Crippen molar-refractivity contribution >= 4 is 17.7 Å². The van der Waals surface area contributed by atoms with Crippen molar-refractivity contribution in [3.8, 4) is 11.5 Å². The van der Waals surface area contributed by atoms with E-state index in [1.807, 2.05) is 59.5 Å². The lowest BCUT2D eigenvalue weighted by Gasteiger charge is -2.30. The van der Waals surface area contributed by atoms with Crippen LogP contribution in [0.1, 0.15) is 90.5 Å². The van der Waals surface area contributed by atoms with Gasteiger partial charge in [-0.3, -0.25) is 14.4 Å². The molecule has 1 aliphatic heterocycles. The first kappa shape index (κ1) is 31.6. The zero-order valence-electron chi connectivity index (χ0n) is 25.6. The molecule has 3 atom stereocenters. The van der Waals surface area contributed by atoms with Crippen LogP contribution < -0.4 is 15.4 Å². The Morgan fingerprint density at radius 2 is 1.57 bits per heavy atom. The van der Waals surface area contributed by atoms with E-state index in [0.717, 1.165) is 62.0 Å². The summed E-state index contributed by atoms with van der Waals surface area (Å²) in [5, 5.41) is 6.37. The van der Waals surface area contributed by atoms with Crippen LogP contribution in [0.3, 0.4) is 0 Å². The smallest absolute Gasteiger partial charge is 0.245 e. The highest BCUT2D eigenvalue weighted by Gasteiger charge is 2.37. The number of hydrogen-bond acceptors (Lipinski definition) is 4. The van der Waals surface area contributed by atoms with Gasteiger partial charge in [0.15, 0.2) is 0 Å². The first-order chi connectivity index (χ1) is 20.3. The van der Waals surface area contributed by atoms with Gasteiger partial charge in [-0.1, -0.05) is 70.4 Å². The minimum Gasteiger partial charge on any atom is -0.457 e. The molecule has 2 aromatic rings. The SMILES string of the molecule is CCC[C@H](C(=O)NC1CCCC1)[C@@H](CC(C)C)C(=O)N[C@H]1CCCCN(Cc2cccc(Oc3ccccc3)c2)C1=O. The van der Waals surface area contributed by atoms with Gasteiger partial charge in [-0.15, -0.1) is 0 Å². The molecule has 0 aromatic heterocycles. The normalized spacial score (nSPS) is 19.3. The minimum atomic E-state index is -0.585. The maximum absolute atomic E-state index is 13.9. The Bertz CT molecular complexity index is 1160. The Labute approximate surface area is 251 Å². The largest absolute Gasteiger partial charge is 0.457 e. The fourth-order valence-electron chi connectivity index (χ4n) is 6.39. The highest BCUT2D eigenvalue weighted by atomic mass is 16.5. The van der Waals surface area contributed by atoms with Gasteiger partial charge in [0, 0.05) is 31.0 Å². The molecular weight excluding hydrogens is 526 g/mol. The van der Waals surface area contributed by atoms with E-state index in [9.17, 15) is 14.4 Å². The van der Waals surface area contributed by atoms with Crippen molar-refractivity contribution in [3.05, 3.63) is 60.2 Å². The molecule has 42 heavy (non-hydrogen) atoms. The maximum atomic E-state index is 13.9. The van der Waals surface area contributed by atoms with E-state index in [-0.39, 0.29) is 35.6 Å². The van der Waals surface area contributed by atoms with Gasteiger partial charge >= 0.3 is 0 Å². The first-order valence-electron chi connectivity index (χ1n) is 16.1. The molecular formula is C35H49N3O4. The zero-order chi connectivity index (χ0) is 29.9. The molecule has 0 unspecified atom stereocenters. The molecule has 0 radical (unpaired) electrons. The molecule has 2 fully saturated rings. The monoisotopic (exact) mass is 575 g/mol. The lowest BCUT2D eigenvalue weighted by molar-refractivity contribution is -0.140. The van der Waals surface area contributed by atoms with Crippen LogP contribution in [0.15, 0.2) is 54.6 Å². The summed E-state index contributed by atoms with van der Waals surface area (Å²) >= 11 is 0. The second-order valence-electron chi connectivity index (χ2n) is 12.5. The van der Waals surface area contributed by atoms with Gasteiger partial charge in [0.1, 0.15) is 17.5 Å². The predicted octanol–water partition coefficient (Wildman–Crippen LogP) is 6.61. The summed E-state index contributed by atoms with van der Waals surface area (Å²) in [6.07, 6.45) is 8.78. The topological polar surface area (TPSA) is 87.7 Å². The van der Waals surface area contributed by atoms with E-state index >= 15 is 0 Å². The van der Waals surface area contributed by atoms with E-state index in [1.165, 1.54) is 0 Å². The summed E-state index contributed by atoms with van der Waals surface area (Å²) in [6.45, 7) is 7.34. The standard InChI is InChI=1S/C35H49N3O4/c1-4-13-30(33(39)36-27-15-8-9-16-27)31(22-25(2)3)34(40)37-32-20-10-11-21-38(35(32)41)24-26-14-12-19-29(23-26)42-28-17-6-5-7-18-28/h5-7,12,14,17-19,23,25,27,30-32H,4,8-11,13,15-16,20-22,24H2,1-3H3,(H,36,39)(H,37,40)/t30-,31+,32-/m0/s1. The van der Waals surface area contributed by atoms with Crippen LogP contribution in [0.25, 0.3) is 0 Å². The van der Waals surface area contributed by atoms with Crippen LogP contribution in [0.4, 0.5) is 0 Å². The van der Waals surface area contributed by atoms with Crippen LogP contribution in [-0.2, 0) is 20.9 Å². The fraction of sp³-hybridized carbons (Fsp3) is 0.571. The number of ether oxygens (including phenoxy) is 1. The highest BCUT2D eigenvalue weighted by Crippen LogP contribution is 2.28. The molecule has 1 aliphatic carbocycles. The van der Waals surface area contributed by atoms with Crippen molar-refractivity contribution in [1.29, 1.82) is 0 Å². The molecule has 0 spiro atoms. The molecule has 7 heteroatoms. The molecule has 1 heterocycles. The average molecular weight is 576 g/mol. The minimum absolute atomic E-state index is 0.00373. The summed E-state index contributed by atoms with van der Waals surface area (Å²) < 4.78 is 6.00. The lowest BCUT2D eigenvalue weighted by Crippen LogP contribution is -2.51. The highest BCUT2D eigenvalue weighted by molar-refractivity contribution is 5.91. The second-order valence-corrected chi connectivity index (χ2v) is 12.5. The van der Waals surface area contributed by atoms with Gasteiger partial charge in [0.2, 0.25) is 17.7 Å². The van der Waals surface area contributed by atoms with Gasteiger partial charge in [-0.2, -0.15) is 0 Å². The summed E-state index contributed by atoms with van der Waals surface area (Å²) in [5.74, 6) is 0.674. The Balaban J connectivity index is 1.44. The van der Waals surface area contributed by atoms with E-state index in [1.54, 1.807) is 0 Å². The van der Waals surface area contributed by atoms with E-state index in [0.29, 0.717) is 32.4 Å². The summed E-state index contributed by atoms with van der Waals surface area (Å²) in [5.41, 5.74) is 0.980. The van der Waals surface area contributed by atoms with Crippen molar-refractivity contribution < 1.29 is 19.1 Å². The molecule has 0 bridgehead atoms. The van der Waals surface area contributed by atoms with Gasteiger partial charge < -0.3 is 20.3 Å². The van der Waals surface area contributed by atoms with Crippen LogP contribution >= 0.6 is 0 Å². The number of rotatable bonds is 13. The van der Waals surface area contributed by atoms with Crippen LogP contribution in [0, 0.1) is 17.8 Å². The number of benzene rings is 2. The zero-order valence-corrected chi connectivity index (χ0v) is 25.6. The van der Waals surface area contributed by atoms with Gasteiger partial charge in [0.25, 0.3) is 0 Å². The van der Waals surface area contributed by atoms with Crippen LogP contribution in [-0.4, -0.2) is 41.2 Å². The van der Waals surface area contributed by atoms with Crippen molar-refractivity contribution in [2.45, 2.75) is 104 Å². The molecule has 2 aromatic carbocycles. The Morgan fingerprint density at radius 3 is 2.29 bits per heavy atom. The Kier molecular flexibility index (Phi) is 11.8. The molecule has 1 saturated heterocycles. The summed E-state index contributed by atoms with van der Waals surface area (Å²) in [7, 11) is 0. The number of nitrogens with zero attached hydrogens (tertiary/aromatic N) is 1. The number of hydrogen-bond donors (Lipinski definition) is 2. The van der Waals surface area contributed by atoms with Crippen molar-refractivity contribution in [3.63, 3.8) is 0 Å². The van der Waals surface area contributed by atoms with E-state index < -0.39 is 12.0 Å². The van der Waals surface area contributed by atoms with Crippen molar-refractivity contribution in [2.75, 3.05) is 6.54 Å². The quantitative estimate of drug-likeness (QED) is 0.281. The molecule has 7 nitrogen and oxygen atoms in total. The van der Waals surface area contributed by atoms with Crippen molar-refractivity contribution in [1.82, 2.24) is 15.5 Å². The van der Waals surface area contributed by atoms with E-state index in [4.69, 9.17) is 4.74 Å². The third kappa shape index (κ3) is 9.07. The number of carbonyl (C=O) groups excluding carboxylic acids is 3. The fourth-order valence-corrected chi connectivity index (χ4v) is 6.39. The third-order valence-electron chi connectivity index (χ3n) is 8.53. The van der Waals surface area contributed by atoms with Crippen LogP contribution in [0.2, 0.25) is 0 Å². The third-order valence-corrected chi connectivity index (χ3v) is 8.53. The molecule has 1 saturated carbocycles. The van der Waals surface area contributed by atoms with E-state index in [2.05, 4.69) is 31.4 Å². The molecule has 228 valence electrons.